The Hall–Kier alpha value is -1.85. The third kappa shape index (κ3) is 3.32. The number of rotatable bonds is 6. The van der Waals surface area contributed by atoms with Gasteiger partial charge < -0.3 is 19.7 Å². The summed E-state index contributed by atoms with van der Waals surface area (Å²) >= 11 is 0. The second-order valence-corrected chi connectivity index (χ2v) is 3.55. The van der Waals surface area contributed by atoms with Crippen molar-refractivity contribution in [3.63, 3.8) is 0 Å². The summed E-state index contributed by atoms with van der Waals surface area (Å²) in [7, 11) is 1.14. The Bertz CT molecular complexity index is 416. The van der Waals surface area contributed by atoms with Crippen LogP contribution in [0.1, 0.15) is 11.7 Å². The molecule has 98 valence electrons. The smallest absolute Gasteiger partial charge is 0.337 e. The zero-order chi connectivity index (χ0) is 13.5. The Kier molecular flexibility index (Phi) is 5.35. The Morgan fingerprint density at radius 3 is 2.72 bits per heavy atom. The van der Waals surface area contributed by atoms with E-state index in [4.69, 9.17) is 4.74 Å². The SMILES string of the molecule is C=CCOc1ccccc1C(O)C(O)C(=O)OC. The Balaban J connectivity index is 2.93. The van der Waals surface area contributed by atoms with Crippen LogP contribution < -0.4 is 4.74 Å². The van der Waals surface area contributed by atoms with Crippen molar-refractivity contribution >= 4 is 5.97 Å². The average molecular weight is 252 g/mol. The van der Waals surface area contributed by atoms with Gasteiger partial charge in [-0.05, 0) is 6.07 Å². The fourth-order valence-electron chi connectivity index (χ4n) is 1.42. The first-order valence-electron chi connectivity index (χ1n) is 5.38. The van der Waals surface area contributed by atoms with Gasteiger partial charge in [0, 0.05) is 5.56 Å². The Morgan fingerprint density at radius 2 is 2.11 bits per heavy atom. The summed E-state index contributed by atoms with van der Waals surface area (Å²) in [5, 5.41) is 19.5. The van der Waals surface area contributed by atoms with Crippen molar-refractivity contribution in [1.82, 2.24) is 0 Å². The normalized spacial score (nSPS) is 13.5. The summed E-state index contributed by atoms with van der Waals surface area (Å²) in [5.41, 5.74) is 0.317. The van der Waals surface area contributed by atoms with Gasteiger partial charge in [0.2, 0.25) is 0 Å². The van der Waals surface area contributed by atoms with E-state index in [9.17, 15) is 15.0 Å². The van der Waals surface area contributed by atoms with E-state index < -0.39 is 18.2 Å². The lowest BCUT2D eigenvalue weighted by atomic mass is 10.0. The molecule has 1 rings (SSSR count). The van der Waals surface area contributed by atoms with Gasteiger partial charge in [-0.25, -0.2) is 4.79 Å². The molecule has 5 heteroatoms. The van der Waals surface area contributed by atoms with E-state index in [1.165, 1.54) is 0 Å². The number of ether oxygens (including phenoxy) is 2. The number of benzene rings is 1. The van der Waals surface area contributed by atoms with Crippen molar-refractivity contribution in [3.8, 4) is 5.75 Å². The lowest BCUT2D eigenvalue weighted by Crippen LogP contribution is -2.29. The van der Waals surface area contributed by atoms with Gasteiger partial charge >= 0.3 is 5.97 Å². The summed E-state index contributed by atoms with van der Waals surface area (Å²) in [5.74, 6) is -0.520. The summed E-state index contributed by atoms with van der Waals surface area (Å²) in [4.78, 5) is 11.2. The predicted octanol–water partition coefficient (Wildman–Crippen LogP) is 0.819. The van der Waals surface area contributed by atoms with Crippen molar-refractivity contribution in [3.05, 3.63) is 42.5 Å². The fourth-order valence-corrected chi connectivity index (χ4v) is 1.42. The molecule has 0 aromatic heterocycles. The van der Waals surface area contributed by atoms with Crippen LogP contribution in [0.2, 0.25) is 0 Å². The van der Waals surface area contributed by atoms with Gasteiger partial charge in [0.15, 0.2) is 6.10 Å². The molecule has 0 heterocycles. The minimum absolute atomic E-state index is 0.262. The first-order chi connectivity index (χ1) is 8.61. The van der Waals surface area contributed by atoms with E-state index in [0.29, 0.717) is 11.3 Å². The molecule has 0 saturated heterocycles. The minimum atomic E-state index is -1.65. The monoisotopic (exact) mass is 252 g/mol. The number of carbonyl (C=O) groups is 1. The Morgan fingerprint density at radius 1 is 1.44 bits per heavy atom. The van der Waals surface area contributed by atoms with Crippen LogP contribution in [0.3, 0.4) is 0 Å². The van der Waals surface area contributed by atoms with Crippen LogP contribution in [0.4, 0.5) is 0 Å². The molecule has 0 spiro atoms. The van der Waals surface area contributed by atoms with E-state index >= 15 is 0 Å². The third-order valence-electron chi connectivity index (χ3n) is 2.34. The molecule has 2 unspecified atom stereocenters. The van der Waals surface area contributed by atoms with E-state index in [2.05, 4.69) is 11.3 Å². The highest BCUT2D eigenvalue weighted by Crippen LogP contribution is 2.27. The second-order valence-electron chi connectivity index (χ2n) is 3.55. The maximum absolute atomic E-state index is 11.2. The predicted molar refractivity (Wildman–Crippen MR) is 65.1 cm³/mol. The molecule has 2 N–H and O–H groups in total. The summed E-state index contributed by atoms with van der Waals surface area (Å²) in [6.45, 7) is 3.78. The molecule has 0 saturated carbocycles. The second kappa shape index (κ2) is 6.78. The third-order valence-corrected chi connectivity index (χ3v) is 2.34. The fraction of sp³-hybridized carbons (Fsp3) is 0.308. The number of esters is 1. The summed E-state index contributed by atoms with van der Waals surface area (Å²) < 4.78 is 9.70. The molecule has 0 aliphatic rings. The maximum atomic E-state index is 11.2. The van der Waals surface area contributed by atoms with Crippen molar-refractivity contribution in [2.45, 2.75) is 12.2 Å². The molecule has 0 bridgehead atoms. The van der Waals surface area contributed by atoms with Crippen LogP contribution in [0.15, 0.2) is 36.9 Å². The molecule has 0 aliphatic heterocycles. The van der Waals surface area contributed by atoms with Gasteiger partial charge in [-0.2, -0.15) is 0 Å². The van der Waals surface area contributed by atoms with Gasteiger partial charge in [-0.3, -0.25) is 0 Å². The summed E-state index contributed by atoms with van der Waals surface area (Å²) in [6, 6.07) is 6.59. The van der Waals surface area contributed by atoms with Crippen LogP contribution in [0, 0.1) is 0 Å². The molecule has 5 nitrogen and oxygen atoms in total. The summed E-state index contributed by atoms with van der Waals surface area (Å²) in [6.07, 6.45) is -1.50. The zero-order valence-corrected chi connectivity index (χ0v) is 10.1. The van der Waals surface area contributed by atoms with E-state index in [0.717, 1.165) is 7.11 Å². The van der Waals surface area contributed by atoms with Gasteiger partial charge in [-0.15, -0.1) is 0 Å². The molecular formula is C13H16O5. The quantitative estimate of drug-likeness (QED) is 0.579. The molecule has 0 amide bonds. The van der Waals surface area contributed by atoms with Crippen molar-refractivity contribution in [2.75, 3.05) is 13.7 Å². The Labute approximate surface area is 105 Å². The highest BCUT2D eigenvalue weighted by molar-refractivity contribution is 5.75. The number of aliphatic hydroxyl groups is 2. The molecule has 0 radical (unpaired) electrons. The first-order valence-corrected chi connectivity index (χ1v) is 5.38. The van der Waals surface area contributed by atoms with E-state index in [1.807, 2.05) is 0 Å². The highest BCUT2D eigenvalue weighted by atomic mass is 16.5. The lowest BCUT2D eigenvalue weighted by molar-refractivity contribution is -0.156. The standard InChI is InChI=1S/C13H16O5/c1-3-8-18-10-7-5-4-6-9(10)11(14)12(15)13(16)17-2/h3-7,11-12,14-15H,1,8H2,2H3. The number of carbonyl (C=O) groups excluding carboxylic acids is 1. The van der Waals surface area contributed by atoms with Crippen LogP contribution in [-0.2, 0) is 9.53 Å². The van der Waals surface area contributed by atoms with Crippen molar-refractivity contribution < 1.29 is 24.5 Å². The lowest BCUT2D eigenvalue weighted by Gasteiger charge is -2.18. The van der Waals surface area contributed by atoms with Crippen molar-refractivity contribution in [1.29, 1.82) is 0 Å². The number of hydrogen-bond donors (Lipinski definition) is 2. The van der Waals surface area contributed by atoms with Gasteiger partial charge in [0.05, 0.1) is 7.11 Å². The van der Waals surface area contributed by atoms with Gasteiger partial charge in [0.25, 0.3) is 0 Å². The molecule has 0 aliphatic carbocycles. The van der Waals surface area contributed by atoms with Crippen LogP contribution >= 0.6 is 0 Å². The molecule has 18 heavy (non-hydrogen) atoms. The molecule has 1 aromatic rings. The zero-order valence-electron chi connectivity index (χ0n) is 10.1. The molecule has 0 fully saturated rings. The van der Waals surface area contributed by atoms with E-state index in [-0.39, 0.29) is 6.61 Å². The van der Waals surface area contributed by atoms with E-state index in [1.54, 1.807) is 30.3 Å². The first kappa shape index (κ1) is 14.2. The van der Waals surface area contributed by atoms with Gasteiger partial charge in [-0.1, -0.05) is 30.9 Å². The van der Waals surface area contributed by atoms with Crippen LogP contribution in [0.25, 0.3) is 0 Å². The number of hydrogen-bond acceptors (Lipinski definition) is 5. The topological polar surface area (TPSA) is 76.0 Å². The number of methoxy groups -OCH3 is 1. The largest absolute Gasteiger partial charge is 0.489 e. The number of para-hydroxylation sites is 1. The van der Waals surface area contributed by atoms with Crippen LogP contribution in [0.5, 0.6) is 5.75 Å². The van der Waals surface area contributed by atoms with Gasteiger partial charge in [0.1, 0.15) is 18.5 Å². The maximum Gasteiger partial charge on any atom is 0.337 e. The molecular weight excluding hydrogens is 236 g/mol. The minimum Gasteiger partial charge on any atom is -0.489 e. The number of aliphatic hydroxyl groups excluding tert-OH is 2. The molecule has 2 atom stereocenters. The van der Waals surface area contributed by atoms with Crippen molar-refractivity contribution in [2.24, 2.45) is 0 Å². The average Bonchev–Trinajstić information content (AvgIpc) is 2.42. The highest BCUT2D eigenvalue weighted by Gasteiger charge is 2.28. The molecule has 1 aromatic carbocycles. The van der Waals surface area contributed by atoms with Crippen LogP contribution in [-0.4, -0.2) is 36.0 Å².